The van der Waals surface area contributed by atoms with E-state index in [-0.39, 0.29) is 5.91 Å². The molecule has 2 aromatic heterocycles. The summed E-state index contributed by atoms with van der Waals surface area (Å²) in [5.74, 6) is 1.94. The summed E-state index contributed by atoms with van der Waals surface area (Å²) in [5.41, 5.74) is 3.52. The standard InChI is InChI=1S/C28H32N6O3S2/c1-20-7-9-22(10-8-20)34-26(21-5-3-6-23(17-21)36-2)31-32-28(34)39-19-25-30-24(18-38-25)27(35)29-11-4-12-33-13-15-37-16-14-33/h3,5-10,17-18H,4,11-16,19H2,1-2H3,(H,29,35). The zero-order valence-electron chi connectivity index (χ0n) is 22.1. The second-order valence-electron chi connectivity index (χ2n) is 9.19. The lowest BCUT2D eigenvalue weighted by atomic mass is 10.2. The highest BCUT2D eigenvalue weighted by atomic mass is 32.2. The predicted octanol–water partition coefficient (Wildman–Crippen LogP) is 4.45. The number of aromatic nitrogens is 4. The molecule has 5 rings (SSSR count). The van der Waals surface area contributed by atoms with E-state index in [0.29, 0.717) is 18.0 Å². The maximum absolute atomic E-state index is 12.6. The summed E-state index contributed by atoms with van der Waals surface area (Å²) in [4.78, 5) is 19.6. The molecule has 0 spiro atoms. The van der Waals surface area contributed by atoms with Gasteiger partial charge in [0, 0.05) is 36.3 Å². The van der Waals surface area contributed by atoms with E-state index in [9.17, 15) is 4.79 Å². The van der Waals surface area contributed by atoms with Gasteiger partial charge < -0.3 is 14.8 Å². The van der Waals surface area contributed by atoms with Crippen LogP contribution in [0.5, 0.6) is 5.75 Å². The van der Waals surface area contributed by atoms with Crippen LogP contribution in [-0.2, 0) is 10.5 Å². The van der Waals surface area contributed by atoms with Crippen molar-refractivity contribution in [1.29, 1.82) is 0 Å². The van der Waals surface area contributed by atoms with Crippen molar-refractivity contribution in [3.8, 4) is 22.8 Å². The molecular formula is C28H32N6O3S2. The van der Waals surface area contributed by atoms with Gasteiger partial charge in [0.05, 0.1) is 26.1 Å². The van der Waals surface area contributed by atoms with Gasteiger partial charge in [0.25, 0.3) is 5.91 Å². The quantitative estimate of drug-likeness (QED) is 0.211. The lowest BCUT2D eigenvalue weighted by Crippen LogP contribution is -2.38. The molecule has 1 saturated heterocycles. The highest BCUT2D eigenvalue weighted by molar-refractivity contribution is 7.98. The third-order valence-electron chi connectivity index (χ3n) is 6.40. The smallest absolute Gasteiger partial charge is 0.270 e. The lowest BCUT2D eigenvalue weighted by Gasteiger charge is -2.26. The number of benzene rings is 2. The number of amides is 1. The van der Waals surface area contributed by atoms with Crippen molar-refractivity contribution in [3.05, 3.63) is 70.2 Å². The summed E-state index contributed by atoms with van der Waals surface area (Å²) >= 11 is 3.03. The van der Waals surface area contributed by atoms with E-state index in [1.807, 2.05) is 29.6 Å². The summed E-state index contributed by atoms with van der Waals surface area (Å²) in [6.45, 7) is 7.15. The maximum Gasteiger partial charge on any atom is 0.270 e. The Bertz CT molecular complexity index is 1380. The third kappa shape index (κ3) is 7.04. The van der Waals surface area contributed by atoms with Crippen molar-refractivity contribution in [3.63, 3.8) is 0 Å². The van der Waals surface area contributed by atoms with Crippen LogP contribution in [0.1, 0.15) is 27.5 Å². The Morgan fingerprint density at radius 3 is 2.77 bits per heavy atom. The van der Waals surface area contributed by atoms with Gasteiger partial charge >= 0.3 is 0 Å². The number of nitrogens with zero attached hydrogens (tertiary/aromatic N) is 5. The number of ether oxygens (including phenoxy) is 2. The van der Waals surface area contributed by atoms with E-state index in [0.717, 1.165) is 72.3 Å². The highest BCUT2D eigenvalue weighted by Crippen LogP contribution is 2.31. The molecule has 1 amide bonds. The number of aryl methyl sites for hydroxylation is 1. The van der Waals surface area contributed by atoms with Crippen LogP contribution in [0, 0.1) is 6.92 Å². The number of morpholine rings is 1. The third-order valence-corrected chi connectivity index (χ3v) is 8.37. The second-order valence-corrected chi connectivity index (χ2v) is 11.1. The number of carbonyl (C=O) groups excluding carboxylic acids is 1. The van der Waals surface area contributed by atoms with Gasteiger partial charge in [-0.05, 0) is 44.2 Å². The Balaban J connectivity index is 1.24. The molecule has 9 nitrogen and oxygen atoms in total. The molecule has 0 atom stereocenters. The summed E-state index contributed by atoms with van der Waals surface area (Å²) < 4.78 is 12.9. The summed E-state index contributed by atoms with van der Waals surface area (Å²) in [7, 11) is 1.65. The zero-order valence-corrected chi connectivity index (χ0v) is 23.8. The molecule has 11 heteroatoms. The number of rotatable bonds is 11. The first kappa shape index (κ1) is 27.3. The van der Waals surface area contributed by atoms with Gasteiger partial charge in [-0.2, -0.15) is 0 Å². The normalized spacial score (nSPS) is 13.9. The molecule has 1 aliphatic rings. The van der Waals surface area contributed by atoms with Gasteiger partial charge in [0.2, 0.25) is 0 Å². The van der Waals surface area contributed by atoms with Crippen molar-refractivity contribution in [2.75, 3.05) is 46.5 Å². The molecule has 2 aromatic carbocycles. The lowest BCUT2D eigenvalue weighted by molar-refractivity contribution is 0.0374. The fraction of sp³-hybridized carbons (Fsp3) is 0.357. The molecule has 39 heavy (non-hydrogen) atoms. The molecule has 1 aliphatic heterocycles. The van der Waals surface area contributed by atoms with Crippen LogP contribution in [0.2, 0.25) is 0 Å². The maximum atomic E-state index is 12.6. The Kier molecular flexibility index (Phi) is 9.25. The minimum atomic E-state index is -0.132. The van der Waals surface area contributed by atoms with Gasteiger partial charge in [-0.25, -0.2) is 4.98 Å². The second kappa shape index (κ2) is 13.2. The van der Waals surface area contributed by atoms with Crippen LogP contribution < -0.4 is 10.1 Å². The summed E-state index contributed by atoms with van der Waals surface area (Å²) in [6, 6.07) is 16.1. The van der Waals surface area contributed by atoms with Gasteiger partial charge in [0.15, 0.2) is 11.0 Å². The van der Waals surface area contributed by atoms with E-state index in [2.05, 4.69) is 61.2 Å². The number of hydrogen-bond acceptors (Lipinski definition) is 9. The molecule has 3 heterocycles. The van der Waals surface area contributed by atoms with E-state index in [1.54, 1.807) is 18.9 Å². The Labute approximate surface area is 236 Å². The zero-order chi connectivity index (χ0) is 27.0. The van der Waals surface area contributed by atoms with E-state index in [4.69, 9.17) is 9.47 Å². The first-order valence-electron chi connectivity index (χ1n) is 12.9. The molecule has 0 saturated carbocycles. The summed E-state index contributed by atoms with van der Waals surface area (Å²) in [5, 5.41) is 15.5. The monoisotopic (exact) mass is 564 g/mol. The van der Waals surface area contributed by atoms with E-state index in [1.165, 1.54) is 16.9 Å². The molecule has 0 unspecified atom stereocenters. The molecule has 1 fully saturated rings. The van der Waals surface area contributed by atoms with Crippen molar-refractivity contribution >= 4 is 29.0 Å². The van der Waals surface area contributed by atoms with E-state index < -0.39 is 0 Å². The Morgan fingerprint density at radius 2 is 1.97 bits per heavy atom. The van der Waals surface area contributed by atoms with Crippen molar-refractivity contribution in [1.82, 2.24) is 30.0 Å². The predicted molar refractivity (Wildman–Crippen MR) is 154 cm³/mol. The minimum absolute atomic E-state index is 0.132. The molecule has 0 radical (unpaired) electrons. The summed E-state index contributed by atoms with van der Waals surface area (Å²) in [6.07, 6.45) is 0.906. The number of carbonyl (C=O) groups is 1. The van der Waals surface area contributed by atoms with E-state index >= 15 is 0 Å². The Hall–Kier alpha value is -3.25. The van der Waals surface area contributed by atoms with Crippen LogP contribution in [0.15, 0.2) is 59.1 Å². The average Bonchev–Trinajstić information content (AvgIpc) is 3.63. The Morgan fingerprint density at radius 1 is 1.15 bits per heavy atom. The van der Waals surface area contributed by atoms with Crippen LogP contribution in [0.4, 0.5) is 0 Å². The van der Waals surface area contributed by atoms with Crippen LogP contribution in [-0.4, -0.2) is 77.1 Å². The first-order chi connectivity index (χ1) is 19.1. The van der Waals surface area contributed by atoms with Gasteiger partial charge in [0.1, 0.15) is 16.5 Å². The molecular weight excluding hydrogens is 532 g/mol. The first-order valence-corrected chi connectivity index (χ1v) is 14.8. The molecule has 1 N–H and O–H groups in total. The van der Waals surface area contributed by atoms with Gasteiger partial charge in [-0.3, -0.25) is 14.3 Å². The topological polar surface area (TPSA) is 94.4 Å². The fourth-order valence-electron chi connectivity index (χ4n) is 4.27. The minimum Gasteiger partial charge on any atom is -0.497 e. The van der Waals surface area contributed by atoms with Crippen molar-refractivity contribution < 1.29 is 14.3 Å². The number of methoxy groups -OCH3 is 1. The van der Waals surface area contributed by atoms with Gasteiger partial charge in [-0.1, -0.05) is 41.6 Å². The van der Waals surface area contributed by atoms with Gasteiger partial charge in [-0.15, -0.1) is 21.5 Å². The molecule has 4 aromatic rings. The largest absolute Gasteiger partial charge is 0.497 e. The molecule has 0 bridgehead atoms. The number of hydrogen-bond donors (Lipinski definition) is 1. The molecule has 0 aliphatic carbocycles. The van der Waals surface area contributed by atoms with Crippen LogP contribution in [0.25, 0.3) is 17.1 Å². The number of thioether (sulfide) groups is 1. The number of thiazole rings is 1. The SMILES string of the molecule is COc1cccc(-c2nnc(SCc3nc(C(=O)NCCCN4CCOCC4)cs3)n2-c2ccc(C)cc2)c1. The van der Waals surface area contributed by atoms with Crippen LogP contribution in [0.3, 0.4) is 0 Å². The van der Waals surface area contributed by atoms with Crippen molar-refractivity contribution in [2.24, 2.45) is 0 Å². The average molecular weight is 565 g/mol. The number of nitrogens with one attached hydrogen (secondary N) is 1. The fourth-order valence-corrected chi connectivity index (χ4v) is 6.01. The van der Waals surface area contributed by atoms with Crippen LogP contribution >= 0.6 is 23.1 Å². The molecule has 204 valence electrons. The van der Waals surface area contributed by atoms with Crippen molar-refractivity contribution in [2.45, 2.75) is 24.3 Å². The highest BCUT2D eigenvalue weighted by Gasteiger charge is 2.18.